The van der Waals surface area contributed by atoms with Crippen LogP contribution in [-0.2, 0) is 6.54 Å². The van der Waals surface area contributed by atoms with E-state index in [-0.39, 0.29) is 0 Å². The normalized spacial score (nSPS) is 11.4. The van der Waals surface area contributed by atoms with Crippen LogP contribution in [0.2, 0.25) is 0 Å². The summed E-state index contributed by atoms with van der Waals surface area (Å²) < 4.78 is 0. The summed E-state index contributed by atoms with van der Waals surface area (Å²) in [5.41, 5.74) is 8.62. The second-order valence-electron chi connectivity index (χ2n) is 7.94. The Balaban J connectivity index is 1.44. The van der Waals surface area contributed by atoms with Crippen molar-refractivity contribution in [1.29, 1.82) is 0 Å². The molecular formula is C25H21N9. The minimum absolute atomic E-state index is 0.628. The molecule has 3 N–H and O–H groups in total. The Bertz CT molecular complexity index is 1600. The summed E-state index contributed by atoms with van der Waals surface area (Å²) in [6.45, 7) is 3.76. The number of aromatic amines is 2. The molecule has 0 aromatic carbocycles. The van der Waals surface area contributed by atoms with Gasteiger partial charge in [0, 0.05) is 54.2 Å². The van der Waals surface area contributed by atoms with Crippen LogP contribution in [-0.4, -0.2) is 46.6 Å². The number of hydrogen-bond acceptors (Lipinski definition) is 7. The van der Waals surface area contributed by atoms with E-state index in [4.69, 9.17) is 9.97 Å². The van der Waals surface area contributed by atoms with Crippen LogP contribution in [0.4, 0.5) is 0 Å². The number of H-pyrrole nitrogens is 2. The first kappa shape index (κ1) is 20.1. The smallest absolute Gasteiger partial charge is 0.161 e. The first-order valence-electron chi connectivity index (χ1n) is 11.0. The average Bonchev–Trinajstić information content (AvgIpc) is 3.51. The van der Waals surface area contributed by atoms with Crippen LogP contribution in [0.15, 0.2) is 67.5 Å². The fraction of sp³-hybridized carbons (Fsp3) is 0.120. The molecule has 6 aromatic rings. The molecule has 0 saturated carbocycles. The van der Waals surface area contributed by atoms with Crippen molar-refractivity contribution in [2.45, 2.75) is 13.5 Å². The average molecular weight is 448 g/mol. The van der Waals surface area contributed by atoms with Crippen LogP contribution >= 0.6 is 0 Å². The van der Waals surface area contributed by atoms with Crippen molar-refractivity contribution in [2.24, 2.45) is 0 Å². The first-order valence-corrected chi connectivity index (χ1v) is 11.0. The van der Waals surface area contributed by atoms with Crippen molar-refractivity contribution in [3.05, 3.63) is 73.1 Å². The van der Waals surface area contributed by atoms with Gasteiger partial charge in [-0.15, -0.1) is 0 Å². The third-order valence-electron chi connectivity index (χ3n) is 5.67. The maximum Gasteiger partial charge on any atom is 0.161 e. The summed E-state index contributed by atoms with van der Waals surface area (Å²) in [5, 5.41) is 10.9. The third-order valence-corrected chi connectivity index (χ3v) is 5.67. The van der Waals surface area contributed by atoms with E-state index in [0.29, 0.717) is 11.5 Å². The zero-order chi connectivity index (χ0) is 22.9. The summed E-state index contributed by atoms with van der Waals surface area (Å²) in [4.78, 5) is 26.1. The maximum absolute atomic E-state index is 4.91. The Morgan fingerprint density at radius 1 is 0.853 bits per heavy atom. The Labute approximate surface area is 194 Å². The lowest BCUT2D eigenvalue weighted by Gasteiger charge is -2.05. The zero-order valence-electron chi connectivity index (χ0n) is 18.4. The summed E-state index contributed by atoms with van der Waals surface area (Å²) >= 11 is 0. The van der Waals surface area contributed by atoms with Crippen LogP contribution in [0.25, 0.3) is 56.0 Å². The van der Waals surface area contributed by atoms with E-state index in [1.165, 1.54) is 0 Å². The van der Waals surface area contributed by atoms with Crippen molar-refractivity contribution >= 4 is 22.1 Å². The molecule has 0 bridgehead atoms. The van der Waals surface area contributed by atoms with Crippen LogP contribution in [0.3, 0.4) is 0 Å². The standard InChI is InChI=1S/C25H21N9/c1-2-26-9-15-8-17(12-28-10-15)19-5-6-20-23(30-19)24(34-33-20)25-31-21-14-29-13-18(22(21)32-25)16-4-3-7-27-11-16/h3-8,10-14,26H,2,9H2,1H3,(H,31,32)(H,33,34). The number of nitrogens with one attached hydrogen (secondary N) is 3. The second kappa shape index (κ2) is 8.45. The lowest BCUT2D eigenvalue weighted by atomic mass is 10.1. The molecule has 0 amide bonds. The Morgan fingerprint density at radius 2 is 1.76 bits per heavy atom. The highest BCUT2D eigenvalue weighted by atomic mass is 15.1. The van der Waals surface area contributed by atoms with Crippen LogP contribution in [0.5, 0.6) is 0 Å². The van der Waals surface area contributed by atoms with Gasteiger partial charge in [-0.05, 0) is 36.4 Å². The van der Waals surface area contributed by atoms with Gasteiger partial charge in [-0.3, -0.25) is 20.1 Å². The molecule has 34 heavy (non-hydrogen) atoms. The Hall–Kier alpha value is -4.50. The quantitative estimate of drug-likeness (QED) is 0.351. The highest BCUT2D eigenvalue weighted by molar-refractivity contribution is 5.95. The van der Waals surface area contributed by atoms with Crippen LogP contribution in [0, 0.1) is 0 Å². The molecule has 166 valence electrons. The topological polar surface area (TPSA) is 121 Å². The van der Waals surface area contributed by atoms with Gasteiger partial charge in [-0.1, -0.05) is 13.0 Å². The van der Waals surface area contributed by atoms with Crippen molar-refractivity contribution in [3.8, 4) is 33.9 Å². The largest absolute Gasteiger partial charge is 0.335 e. The number of nitrogens with zero attached hydrogens (tertiary/aromatic N) is 6. The third kappa shape index (κ3) is 3.57. The van der Waals surface area contributed by atoms with Crippen LogP contribution in [0.1, 0.15) is 12.5 Å². The summed E-state index contributed by atoms with van der Waals surface area (Å²) in [5.74, 6) is 0.628. The number of aromatic nitrogens is 8. The summed E-state index contributed by atoms with van der Waals surface area (Å²) in [6, 6.07) is 9.96. The SMILES string of the molecule is CCNCc1cncc(-c2ccc3[nH]nc(-c4nc5c(-c6cccnc6)cncc5[nH]4)c3n2)c1. The fourth-order valence-electron chi connectivity index (χ4n) is 4.00. The minimum Gasteiger partial charge on any atom is -0.335 e. The molecule has 6 heterocycles. The highest BCUT2D eigenvalue weighted by Gasteiger charge is 2.17. The Morgan fingerprint density at radius 3 is 2.65 bits per heavy atom. The van der Waals surface area contributed by atoms with E-state index in [1.54, 1.807) is 24.8 Å². The minimum atomic E-state index is 0.628. The van der Waals surface area contributed by atoms with E-state index >= 15 is 0 Å². The van der Waals surface area contributed by atoms with Gasteiger partial charge in [0.1, 0.15) is 11.0 Å². The second-order valence-corrected chi connectivity index (χ2v) is 7.94. The molecule has 0 atom stereocenters. The van der Waals surface area contributed by atoms with Gasteiger partial charge in [0.05, 0.1) is 22.9 Å². The fourth-order valence-corrected chi connectivity index (χ4v) is 4.00. The van der Waals surface area contributed by atoms with Crippen molar-refractivity contribution in [1.82, 2.24) is 45.4 Å². The molecule has 6 aromatic heterocycles. The van der Waals surface area contributed by atoms with Crippen molar-refractivity contribution in [3.63, 3.8) is 0 Å². The molecule has 9 heteroatoms. The van der Waals surface area contributed by atoms with Gasteiger partial charge in [-0.2, -0.15) is 5.10 Å². The molecule has 0 fully saturated rings. The van der Waals surface area contributed by atoms with Gasteiger partial charge in [-0.25, -0.2) is 9.97 Å². The van der Waals surface area contributed by atoms with Crippen molar-refractivity contribution < 1.29 is 0 Å². The van der Waals surface area contributed by atoms with Gasteiger partial charge in [0.2, 0.25) is 0 Å². The predicted molar refractivity (Wildman–Crippen MR) is 131 cm³/mol. The van der Waals surface area contributed by atoms with Gasteiger partial charge >= 0.3 is 0 Å². The first-order chi connectivity index (χ1) is 16.8. The van der Waals surface area contributed by atoms with E-state index in [2.05, 4.69) is 48.4 Å². The predicted octanol–water partition coefficient (Wildman–Crippen LogP) is 4.13. The Kier molecular flexibility index (Phi) is 5.00. The number of imidazole rings is 1. The number of hydrogen-bond donors (Lipinski definition) is 3. The van der Waals surface area contributed by atoms with E-state index in [9.17, 15) is 0 Å². The van der Waals surface area contributed by atoms with Gasteiger partial charge in [0.25, 0.3) is 0 Å². The zero-order valence-corrected chi connectivity index (χ0v) is 18.4. The molecular weight excluding hydrogens is 426 g/mol. The highest BCUT2D eigenvalue weighted by Crippen LogP contribution is 2.31. The molecule has 0 spiro atoms. The molecule has 9 nitrogen and oxygen atoms in total. The number of pyridine rings is 4. The maximum atomic E-state index is 4.91. The molecule has 0 aliphatic heterocycles. The van der Waals surface area contributed by atoms with Gasteiger partial charge < -0.3 is 10.3 Å². The lowest BCUT2D eigenvalue weighted by Crippen LogP contribution is -2.11. The van der Waals surface area contributed by atoms with Gasteiger partial charge in [0.15, 0.2) is 11.5 Å². The number of rotatable bonds is 6. The molecule has 0 radical (unpaired) electrons. The van der Waals surface area contributed by atoms with E-state index in [1.807, 2.05) is 36.7 Å². The van der Waals surface area contributed by atoms with Crippen molar-refractivity contribution in [2.75, 3.05) is 6.54 Å². The molecule has 0 aliphatic rings. The monoisotopic (exact) mass is 447 g/mol. The number of fused-ring (bicyclic) bond motifs is 2. The van der Waals surface area contributed by atoms with E-state index in [0.717, 1.165) is 63.1 Å². The summed E-state index contributed by atoms with van der Waals surface area (Å²) in [6.07, 6.45) is 10.8. The molecule has 0 unspecified atom stereocenters. The van der Waals surface area contributed by atoms with E-state index < -0.39 is 0 Å². The van der Waals surface area contributed by atoms with Crippen LogP contribution < -0.4 is 5.32 Å². The molecule has 0 saturated heterocycles. The lowest BCUT2D eigenvalue weighted by molar-refractivity contribution is 0.724. The molecule has 0 aliphatic carbocycles. The molecule has 6 rings (SSSR count). The summed E-state index contributed by atoms with van der Waals surface area (Å²) in [7, 11) is 0.